The van der Waals surface area contributed by atoms with Gasteiger partial charge in [0.05, 0.1) is 18.7 Å². The molecular formula is C11H21N3O4. The second-order valence-corrected chi connectivity index (χ2v) is 4.29. The summed E-state index contributed by atoms with van der Waals surface area (Å²) in [6.45, 7) is 1.75. The van der Waals surface area contributed by atoms with Crippen LogP contribution < -0.4 is 16.4 Å². The van der Waals surface area contributed by atoms with Gasteiger partial charge < -0.3 is 25.8 Å². The van der Waals surface area contributed by atoms with Crippen molar-refractivity contribution in [1.82, 2.24) is 10.6 Å². The first-order valence-electron chi connectivity index (χ1n) is 5.99. The molecule has 0 aromatic rings. The van der Waals surface area contributed by atoms with Gasteiger partial charge in [0.25, 0.3) is 0 Å². The Kier molecular flexibility index (Phi) is 6.03. The minimum Gasteiger partial charge on any atom is -0.383 e. The van der Waals surface area contributed by atoms with Crippen LogP contribution in [0.3, 0.4) is 0 Å². The van der Waals surface area contributed by atoms with Crippen molar-refractivity contribution in [3.05, 3.63) is 0 Å². The molecule has 0 atom stereocenters. The van der Waals surface area contributed by atoms with E-state index < -0.39 is 5.54 Å². The maximum Gasteiger partial charge on any atom is 0.240 e. The summed E-state index contributed by atoms with van der Waals surface area (Å²) in [5.74, 6) is -0.552. The summed E-state index contributed by atoms with van der Waals surface area (Å²) in [6.07, 6.45) is 0.953. The van der Waals surface area contributed by atoms with E-state index in [-0.39, 0.29) is 18.4 Å². The van der Waals surface area contributed by atoms with Crippen LogP contribution in [0.15, 0.2) is 0 Å². The van der Waals surface area contributed by atoms with Gasteiger partial charge in [-0.2, -0.15) is 0 Å². The van der Waals surface area contributed by atoms with E-state index in [1.165, 1.54) is 0 Å². The van der Waals surface area contributed by atoms with Crippen LogP contribution >= 0.6 is 0 Å². The van der Waals surface area contributed by atoms with Crippen LogP contribution in [0.5, 0.6) is 0 Å². The molecule has 0 radical (unpaired) electrons. The molecule has 0 unspecified atom stereocenters. The van der Waals surface area contributed by atoms with Gasteiger partial charge in [-0.3, -0.25) is 9.59 Å². The van der Waals surface area contributed by atoms with E-state index in [1.54, 1.807) is 7.11 Å². The predicted molar refractivity (Wildman–Crippen MR) is 64.9 cm³/mol. The summed E-state index contributed by atoms with van der Waals surface area (Å²) in [6, 6.07) is 0. The van der Waals surface area contributed by atoms with Gasteiger partial charge in [0, 0.05) is 26.9 Å². The van der Waals surface area contributed by atoms with Crippen molar-refractivity contribution in [2.75, 3.05) is 40.0 Å². The lowest BCUT2D eigenvalue weighted by atomic mass is 9.90. The topological polar surface area (TPSA) is 103 Å². The van der Waals surface area contributed by atoms with E-state index in [0.717, 1.165) is 0 Å². The van der Waals surface area contributed by atoms with E-state index in [0.29, 0.717) is 39.2 Å². The minimum absolute atomic E-state index is 0.0671. The van der Waals surface area contributed by atoms with Gasteiger partial charge in [-0.15, -0.1) is 0 Å². The first-order valence-corrected chi connectivity index (χ1v) is 5.99. The number of hydrogen-bond donors (Lipinski definition) is 3. The van der Waals surface area contributed by atoms with Crippen molar-refractivity contribution >= 4 is 11.8 Å². The molecule has 18 heavy (non-hydrogen) atoms. The van der Waals surface area contributed by atoms with Gasteiger partial charge in [0.15, 0.2) is 0 Å². The number of hydrogen-bond acceptors (Lipinski definition) is 5. The third kappa shape index (κ3) is 4.59. The van der Waals surface area contributed by atoms with Crippen molar-refractivity contribution in [3.8, 4) is 0 Å². The Hall–Kier alpha value is -1.18. The number of amides is 2. The van der Waals surface area contributed by atoms with Crippen LogP contribution in [-0.4, -0.2) is 57.4 Å². The van der Waals surface area contributed by atoms with E-state index in [2.05, 4.69) is 10.6 Å². The molecule has 0 aliphatic carbocycles. The molecule has 1 fully saturated rings. The predicted octanol–water partition coefficient (Wildman–Crippen LogP) is -1.63. The molecule has 7 heteroatoms. The van der Waals surface area contributed by atoms with Gasteiger partial charge in [0.2, 0.25) is 11.8 Å². The van der Waals surface area contributed by atoms with E-state index in [4.69, 9.17) is 15.2 Å². The molecule has 1 heterocycles. The molecule has 4 N–H and O–H groups in total. The molecule has 1 rings (SSSR count). The Morgan fingerprint density at radius 1 is 1.33 bits per heavy atom. The molecule has 1 saturated heterocycles. The zero-order chi connectivity index (χ0) is 13.4. The van der Waals surface area contributed by atoms with Gasteiger partial charge in [0.1, 0.15) is 0 Å². The molecular weight excluding hydrogens is 238 g/mol. The van der Waals surface area contributed by atoms with Gasteiger partial charge in [-0.05, 0) is 12.8 Å². The summed E-state index contributed by atoms with van der Waals surface area (Å²) in [7, 11) is 1.55. The lowest BCUT2D eigenvalue weighted by Gasteiger charge is -2.31. The second kappa shape index (κ2) is 7.30. The highest BCUT2D eigenvalue weighted by Gasteiger charge is 2.35. The van der Waals surface area contributed by atoms with Crippen LogP contribution in [-0.2, 0) is 19.1 Å². The smallest absolute Gasteiger partial charge is 0.240 e. The highest BCUT2D eigenvalue weighted by atomic mass is 16.5. The summed E-state index contributed by atoms with van der Waals surface area (Å²) in [4.78, 5) is 23.2. The first kappa shape index (κ1) is 14.9. The highest BCUT2D eigenvalue weighted by Crippen LogP contribution is 2.17. The molecule has 1 aliphatic rings. The summed E-state index contributed by atoms with van der Waals surface area (Å²) < 4.78 is 9.95. The van der Waals surface area contributed by atoms with E-state index >= 15 is 0 Å². The third-order valence-electron chi connectivity index (χ3n) is 2.88. The van der Waals surface area contributed by atoms with Crippen molar-refractivity contribution in [2.24, 2.45) is 5.73 Å². The molecule has 7 nitrogen and oxygen atoms in total. The fourth-order valence-corrected chi connectivity index (χ4v) is 1.65. The van der Waals surface area contributed by atoms with Gasteiger partial charge >= 0.3 is 0 Å². The Labute approximate surface area is 106 Å². The Balaban J connectivity index is 2.25. The van der Waals surface area contributed by atoms with Crippen LogP contribution in [0.25, 0.3) is 0 Å². The van der Waals surface area contributed by atoms with Gasteiger partial charge in [-0.1, -0.05) is 0 Å². The van der Waals surface area contributed by atoms with E-state index in [9.17, 15) is 9.59 Å². The Morgan fingerprint density at radius 2 is 2.00 bits per heavy atom. The molecule has 0 bridgehead atoms. The molecule has 0 spiro atoms. The maximum absolute atomic E-state index is 11.9. The van der Waals surface area contributed by atoms with Crippen molar-refractivity contribution in [3.63, 3.8) is 0 Å². The largest absolute Gasteiger partial charge is 0.383 e. The number of nitrogens with one attached hydrogen (secondary N) is 2. The summed E-state index contributed by atoms with van der Waals surface area (Å²) in [5, 5.41) is 5.16. The molecule has 2 amide bonds. The number of nitrogens with two attached hydrogens (primary N) is 1. The SMILES string of the molecule is COCCNC(=O)CNC(=O)C1(N)CCOCC1. The zero-order valence-corrected chi connectivity index (χ0v) is 10.7. The molecule has 0 saturated carbocycles. The van der Waals surface area contributed by atoms with Gasteiger partial charge in [-0.25, -0.2) is 0 Å². The van der Waals surface area contributed by atoms with Crippen LogP contribution in [0, 0.1) is 0 Å². The third-order valence-corrected chi connectivity index (χ3v) is 2.88. The highest BCUT2D eigenvalue weighted by molar-refractivity contribution is 5.90. The standard InChI is InChI=1S/C11H21N3O4/c1-17-7-4-13-9(15)8-14-10(16)11(12)2-5-18-6-3-11/h2-8,12H2,1H3,(H,13,15)(H,14,16). The van der Waals surface area contributed by atoms with E-state index in [1.807, 2.05) is 0 Å². The number of methoxy groups -OCH3 is 1. The fourth-order valence-electron chi connectivity index (χ4n) is 1.65. The number of ether oxygens (including phenoxy) is 2. The van der Waals surface area contributed by atoms with Crippen molar-refractivity contribution < 1.29 is 19.1 Å². The fraction of sp³-hybridized carbons (Fsp3) is 0.818. The molecule has 0 aromatic carbocycles. The van der Waals surface area contributed by atoms with Crippen LogP contribution in [0.2, 0.25) is 0 Å². The summed E-state index contributed by atoms with van der Waals surface area (Å²) in [5.41, 5.74) is 5.06. The average molecular weight is 259 g/mol. The monoisotopic (exact) mass is 259 g/mol. The van der Waals surface area contributed by atoms with Crippen molar-refractivity contribution in [1.29, 1.82) is 0 Å². The Bertz CT molecular complexity index is 290. The molecule has 1 aliphatic heterocycles. The molecule has 0 aromatic heterocycles. The lowest BCUT2D eigenvalue weighted by molar-refractivity contribution is -0.132. The average Bonchev–Trinajstić information content (AvgIpc) is 2.37. The summed E-state index contributed by atoms with van der Waals surface area (Å²) >= 11 is 0. The number of carbonyl (C=O) groups excluding carboxylic acids is 2. The van der Waals surface area contributed by atoms with Crippen molar-refractivity contribution in [2.45, 2.75) is 18.4 Å². The number of rotatable bonds is 6. The zero-order valence-electron chi connectivity index (χ0n) is 10.7. The minimum atomic E-state index is -0.912. The number of carbonyl (C=O) groups is 2. The van der Waals surface area contributed by atoms with Crippen LogP contribution in [0.1, 0.15) is 12.8 Å². The lowest BCUT2D eigenvalue weighted by Crippen LogP contribution is -2.58. The quantitative estimate of drug-likeness (QED) is 0.497. The maximum atomic E-state index is 11.9. The molecule has 104 valence electrons. The Morgan fingerprint density at radius 3 is 2.61 bits per heavy atom. The first-order chi connectivity index (χ1) is 8.58. The van der Waals surface area contributed by atoms with Crippen LogP contribution in [0.4, 0.5) is 0 Å². The second-order valence-electron chi connectivity index (χ2n) is 4.29. The normalized spacial score (nSPS) is 18.1.